The number of hydrogen-bond acceptors (Lipinski definition) is 4. The average Bonchev–Trinajstić information content (AvgIpc) is 3.19. The number of carbonyl (C=O) groups excluding carboxylic acids is 1. The van der Waals surface area contributed by atoms with Crippen LogP contribution in [-0.4, -0.2) is 16.4 Å². The summed E-state index contributed by atoms with van der Waals surface area (Å²) in [6, 6.07) is 9.37. The molecule has 2 heterocycles. The van der Waals surface area contributed by atoms with Crippen LogP contribution in [0, 0.1) is 18.3 Å². The van der Waals surface area contributed by atoms with Gasteiger partial charge in [0.25, 0.3) is 5.91 Å². The van der Waals surface area contributed by atoms with E-state index in [1.165, 1.54) is 0 Å². The third-order valence-corrected chi connectivity index (χ3v) is 4.13. The molecule has 1 aliphatic carbocycles. The van der Waals surface area contributed by atoms with Crippen LogP contribution in [0.15, 0.2) is 34.9 Å². The van der Waals surface area contributed by atoms with Gasteiger partial charge in [0.1, 0.15) is 11.2 Å². The van der Waals surface area contributed by atoms with E-state index in [1.807, 2.05) is 6.07 Å². The van der Waals surface area contributed by atoms with Crippen molar-refractivity contribution in [1.82, 2.24) is 10.3 Å². The normalized spacial score (nSPS) is 16.2. The second-order valence-corrected chi connectivity index (χ2v) is 5.66. The summed E-state index contributed by atoms with van der Waals surface area (Å²) >= 11 is 0. The molecule has 2 aromatic heterocycles. The van der Waals surface area contributed by atoms with Gasteiger partial charge in [0.2, 0.25) is 0 Å². The molecular formula is C17H17N3O2. The van der Waals surface area contributed by atoms with Crippen LogP contribution in [-0.2, 0) is 0 Å². The first-order chi connectivity index (χ1) is 10.6. The molecule has 5 heteroatoms. The van der Waals surface area contributed by atoms with Crippen LogP contribution in [0.3, 0.4) is 0 Å². The number of hydrogen-bond donors (Lipinski definition) is 1. The molecule has 2 aromatic rings. The maximum Gasteiger partial charge on any atom is 0.254 e. The Kier molecular flexibility index (Phi) is 3.68. The van der Waals surface area contributed by atoms with Crippen LogP contribution in [0.1, 0.15) is 41.7 Å². The van der Waals surface area contributed by atoms with E-state index in [-0.39, 0.29) is 5.91 Å². The zero-order chi connectivity index (χ0) is 15.6. The predicted molar refractivity (Wildman–Crippen MR) is 81.0 cm³/mol. The van der Waals surface area contributed by atoms with Gasteiger partial charge in [-0.3, -0.25) is 4.79 Å². The van der Waals surface area contributed by atoms with Crippen LogP contribution in [0.2, 0.25) is 0 Å². The van der Waals surface area contributed by atoms with E-state index in [2.05, 4.69) is 16.4 Å². The van der Waals surface area contributed by atoms with Crippen molar-refractivity contribution in [3.8, 4) is 17.5 Å². The molecule has 0 aliphatic heterocycles. The van der Waals surface area contributed by atoms with Crippen molar-refractivity contribution < 1.29 is 9.21 Å². The van der Waals surface area contributed by atoms with Gasteiger partial charge in [-0.05, 0) is 56.9 Å². The zero-order valence-electron chi connectivity index (χ0n) is 12.4. The number of aromatic nitrogens is 1. The minimum atomic E-state index is -0.719. The molecule has 0 atom stereocenters. The Labute approximate surface area is 129 Å². The monoisotopic (exact) mass is 295 g/mol. The summed E-state index contributed by atoms with van der Waals surface area (Å²) in [6.07, 6.45) is 4.97. The van der Waals surface area contributed by atoms with E-state index in [9.17, 15) is 10.1 Å². The minimum absolute atomic E-state index is 0.237. The molecule has 1 aliphatic rings. The molecule has 22 heavy (non-hydrogen) atoms. The first-order valence-electron chi connectivity index (χ1n) is 7.39. The fourth-order valence-electron chi connectivity index (χ4n) is 2.89. The number of nitriles is 1. The molecule has 0 saturated heterocycles. The van der Waals surface area contributed by atoms with E-state index in [1.54, 1.807) is 31.4 Å². The molecule has 0 unspecified atom stereocenters. The fraction of sp³-hybridized carbons (Fsp3) is 0.353. The van der Waals surface area contributed by atoms with Crippen molar-refractivity contribution in [3.05, 3.63) is 41.8 Å². The summed E-state index contributed by atoms with van der Waals surface area (Å²) in [5.74, 6) is 0.429. The molecule has 1 N–H and O–H groups in total. The first kappa shape index (κ1) is 14.3. The Hall–Kier alpha value is -2.61. The van der Waals surface area contributed by atoms with Crippen molar-refractivity contribution in [3.63, 3.8) is 0 Å². The second kappa shape index (κ2) is 5.64. The molecule has 0 aromatic carbocycles. The first-order valence-corrected chi connectivity index (χ1v) is 7.39. The Bertz CT molecular complexity index is 723. The van der Waals surface area contributed by atoms with Crippen LogP contribution in [0.25, 0.3) is 11.5 Å². The van der Waals surface area contributed by atoms with E-state index >= 15 is 0 Å². The SMILES string of the molecule is Cc1nc(-c2ccco2)ccc1C(=O)NC1(C#N)CCCC1. The van der Waals surface area contributed by atoms with Gasteiger partial charge in [-0.25, -0.2) is 4.98 Å². The lowest BCUT2D eigenvalue weighted by atomic mass is 9.99. The molecule has 1 saturated carbocycles. The zero-order valence-corrected chi connectivity index (χ0v) is 12.4. The lowest BCUT2D eigenvalue weighted by Crippen LogP contribution is -2.45. The highest BCUT2D eigenvalue weighted by molar-refractivity contribution is 5.96. The Balaban J connectivity index is 1.83. The fourth-order valence-corrected chi connectivity index (χ4v) is 2.89. The van der Waals surface area contributed by atoms with Crippen LogP contribution in [0.4, 0.5) is 0 Å². The highest BCUT2D eigenvalue weighted by atomic mass is 16.3. The quantitative estimate of drug-likeness (QED) is 0.943. The Morgan fingerprint density at radius 2 is 2.14 bits per heavy atom. The van der Waals surface area contributed by atoms with Gasteiger partial charge in [0, 0.05) is 0 Å². The number of aryl methyl sites for hydroxylation is 1. The van der Waals surface area contributed by atoms with Gasteiger partial charge in [-0.15, -0.1) is 0 Å². The van der Waals surface area contributed by atoms with Crippen LogP contribution >= 0.6 is 0 Å². The summed E-state index contributed by atoms with van der Waals surface area (Å²) in [5.41, 5.74) is 1.09. The summed E-state index contributed by atoms with van der Waals surface area (Å²) in [7, 11) is 0. The van der Waals surface area contributed by atoms with Crippen molar-refractivity contribution in [2.24, 2.45) is 0 Å². The van der Waals surface area contributed by atoms with Gasteiger partial charge in [0.05, 0.1) is 23.6 Å². The van der Waals surface area contributed by atoms with Crippen LogP contribution < -0.4 is 5.32 Å². The van der Waals surface area contributed by atoms with Gasteiger partial charge in [-0.2, -0.15) is 5.26 Å². The molecule has 112 valence electrons. The standard InChI is InChI=1S/C17H17N3O2/c1-12-13(6-7-14(19-12)15-5-4-10-22-15)16(21)20-17(11-18)8-2-3-9-17/h4-7,10H,2-3,8-9H2,1H3,(H,20,21). The van der Waals surface area contributed by atoms with E-state index in [4.69, 9.17) is 4.42 Å². The molecular weight excluding hydrogens is 278 g/mol. The number of rotatable bonds is 3. The highest BCUT2D eigenvalue weighted by Crippen LogP contribution is 2.29. The van der Waals surface area contributed by atoms with Gasteiger partial charge >= 0.3 is 0 Å². The Morgan fingerprint density at radius 3 is 2.73 bits per heavy atom. The molecule has 0 radical (unpaired) electrons. The molecule has 0 bridgehead atoms. The van der Waals surface area contributed by atoms with E-state index < -0.39 is 5.54 Å². The minimum Gasteiger partial charge on any atom is -0.463 e. The van der Waals surface area contributed by atoms with Gasteiger partial charge < -0.3 is 9.73 Å². The lowest BCUT2D eigenvalue weighted by molar-refractivity contribution is 0.0919. The largest absolute Gasteiger partial charge is 0.463 e. The van der Waals surface area contributed by atoms with Gasteiger partial charge in [-0.1, -0.05) is 0 Å². The summed E-state index contributed by atoms with van der Waals surface area (Å²) in [4.78, 5) is 16.9. The molecule has 0 spiro atoms. The molecule has 3 rings (SSSR count). The average molecular weight is 295 g/mol. The van der Waals surface area contributed by atoms with Crippen molar-refractivity contribution in [2.75, 3.05) is 0 Å². The number of nitrogens with zero attached hydrogens (tertiary/aromatic N) is 2. The lowest BCUT2D eigenvalue weighted by Gasteiger charge is -2.22. The number of pyridine rings is 1. The molecule has 1 amide bonds. The third kappa shape index (κ3) is 2.60. The summed E-state index contributed by atoms with van der Waals surface area (Å²) in [6.45, 7) is 1.79. The summed E-state index contributed by atoms with van der Waals surface area (Å²) in [5, 5.41) is 12.2. The number of amides is 1. The van der Waals surface area contributed by atoms with Crippen LogP contribution in [0.5, 0.6) is 0 Å². The number of carbonyl (C=O) groups is 1. The Morgan fingerprint density at radius 1 is 1.36 bits per heavy atom. The van der Waals surface area contributed by atoms with Gasteiger partial charge in [0.15, 0.2) is 5.76 Å². The molecule has 5 nitrogen and oxygen atoms in total. The van der Waals surface area contributed by atoms with Crippen molar-refractivity contribution >= 4 is 5.91 Å². The van der Waals surface area contributed by atoms with E-state index in [0.29, 0.717) is 35.6 Å². The van der Waals surface area contributed by atoms with Crippen molar-refractivity contribution in [2.45, 2.75) is 38.1 Å². The molecule has 1 fully saturated rings. The maximum absolute atomic E-state index is 12.5. The van der Waals surface area contributed by atoms with Crippen molar-refractivity contribution in [1.29, 1.82) is 5.26 Å². The second-order valence-electron chi connectivity index (χ2n) is 5.66. The number of furan rings is 1. The topological polar surface area (TPSA) is 78.9 Å². The maximum atomic E-state index is 12.5. The smallest absolute Gasteiger partial charge is 0.254 e. The summed E-state index contributed by atoms with van der Waals surface area (Å²) < 4.78 is 5.31. The third-order valence-electron chi connectivity index (χ3n) is 4.13. The van der Waals surface area contributed by atoms with E-state index in [0.717, 1.165) is 12.8 Å². The predicted octanol–water partition coefficient (Wildman–Crippen LogP) is 3.22. The number of nitrogens with one attached hydrogen (secondary N) is 1. The highest BCUT2D eigenvalue weighted by Gasteiger charge is 2.35.